The van der Waals surface area contributed by atoms with Crippen LogP contribution in [0, 0.1) is 0 Å². The van der Waals surface area contributed by atoms with Crippen molar-refractivity contribution >= 4 is 35.9 Å². The lowest BCUT2D eigenvalue weighted by Gasteiger charge is -2.34. The van der Waals surface area contributed by atoms with Gasteiger partial charge >= 0.3 is 7.60 Å². The van der Waals surface area contributed by atoms with Gasteiger partial charge in [0.2, 0.25) is 0 Å². The predicted molar refractivity (Wildman–Crippen MR) is 88.0 cm³/mol. The van der Waals surface area contributed by atoms with E-state index < -0.39 is 7.60 Å². The summed E-state index contributed by atoms with van der Waals surface area (Å²) in [5, 5.41) is 0. The average molecular weight is 327 g/mol. The zero-order valence-electron chi connectivity index (χ0n) is 12.5. The summed E-state index contributed by atoms with van der Waals surface area (Å²) in [4.78, 5) is 1.87. The summed E-state index contributed by atoms with van der Waals surface area (Å²) in [7, 11) is -1.28. The van der Waals surface area contributed by atoms with Gasteiger partial charge in [0, 0.05) is 7.05 Å². The van der Waals surface area contributed by atoms with E-state index in [-0.39, 0.29) is 5.78 Å². The number of rotatable bonds is 9. The Kier molecular flexibility index (Phi) is 10.4. The molecule has 0 aliphatic heterocycles. The van der Waals surface area contributed by atoms with E-state index in [0.717, 1.165) is 22.9 Å². The first-order valence-electron chi connectivity index (χ1n) is 6.75. The smallest absolute Gasteiger partial charge is 0.346 e. The molecule has 114 valence electrons. The molecule has 19 heavy (non-hydrogen) atoms. The van der Waals surface area contributed by atoms with Gasteiger partial charge in [0.05, 0.1) is 13.2 Å². The molecule has 0 heterocycles. The Balaban J connectivity index is 5.12. The van der Waals surface area contributed by atoms with E-state index in [0.29, 0.717) is 13.2 Å². The first kappa shape index (κ1) is 19.4. The van der Waals surface area contributed by atoms with Crippen LogP contribution in [0.2, 0.25) is 0 Å². The number of thiocarbonyl (C=S) groups is 1. The van der Waals surface area contributed by atoms with Crippen molar-refractivity contribution < 1.29 is 13.6 Å². The monoisotopic (exact) mass is 327 g/mol. The van der Waals surface area contributed by atoms with Crippen LogP contribution in [-0.2, 0) is 13.6 Å². The number of hydrogen-bond donors (Lipinski definition) is 0. The molecule has 1 unspecified atom stereocenters. The van der Waals surface area contributed by atoms with Gasteiger partial charge in [0.15, 0.2) is 0 Å². The molecule has 0 rings (SSSR count). The van der Waals surface area contributed by atoms with Gasteiger partial charge in [-0.05, 0) is 26.0 Å². The topological polar surface area (TPSA) is 38.8 Å². The van der Waals surface area contributed by atoms with Gasteiger partial charge in [-0.3, -0.25) is 4.57 Å². The highest BCUT2D eigenvalue weighted by molar-refractivity contribution is 8.22. The van der Waals surface area contributed by atoms with Crippen molar-refractivity contribution in [1.29, 1.82) is 0 Å². The summed E-state index contributed by atoms with van der Waals surface area (Å²) in [5.41, 5.74) is 0. The SMILES string of the molecule is CCCC(N(C)C(=S)SCC)P(=O)(OCC)OCC. The molecule has 0 bridgehead atoms. The lowest BCUT2D eigenvalue weighted by atomic mass is 10.3. The third kappa shape index (κ3) is 6.13. The van der Waals surface area contributed by atoms with Gasteiger partial charge in [0.1, 0.15) is 10.1 Å². The van der Waals surface area contributed by atoms with Crippen LogP contribution in [-0.4, -0.2) is 41.0 Å². The molecule has 0 aromatic rings. The molecule has 0 saturated carbocycles. The van der Waals surface area contributed by atoms with Gasteiger partial charge in [-0.2, -0.15) is 0 Å². The van der Waals surface area contributed by atoms with Crippen molar-refractivity contribution in [3.63, 3.8) is 0 Å². The fourth-order valence-corrected chi connectivity index (χ4v) is 5.21. The number of hydrogen-bond acceptors (Lipinski definition) is 5. The molecule has 0 aliphatic carbocycles. The third-order valence-electron chi connectivity index (χ3n) is 2.53. The highest BCUT2D eigenvalue weighted by Crippen LogP contribution is 2.55. The van der Waals surface area contributed by atoms with Gasteiger partial charge in [-0.15, -0.1) is 0 Å². The van der Waals surface area contributed by atoms with Gasteiger partial charge < -0.3 is 13.9 Å². The van der Waals surface area contributed by atoms with Crippen LogP contribution in [0.25, 0.3) is 0 Å². The van der Waals surface area contributed by atoms with Crippen molar-refractivity contribution in [1.82, 2.24) is 4.90 Å². The van der Waals surface area contributed by atoms with E-state index >= 15 is 0 Å². The number of nitrogens with zero attached hydrogens (tertiary/aromatic N) is 1. The van der Waals surface area contributed by atoms with Gasteiger partial charge in [0.25, 0.3) is 0 Å². The average Bonchev–Trinajstić information content (AvgIpc) is 2.36. The van der Waals surface area contributed by atoms with Crippen LogP contribution >= 0.6 is 31.6 Å². The molecule has 0 aromatic heterocycles. The molecule has 0 spiro atoms. The van der Waals surface area contributed by atoms with Gasteiger partial charge in [-0.25, -0.2) is 0 Å². The van der Waals surface area contributed by atoms with E-state index in [9.17, 15) is 4.57 Å². The maximum atomic E-state index is 12.9. The molecule has 0 aliphatic rings. The molecular formula is C12H26NO3PS2. The molecule has 0 N–H and O–H groups in total. The fourth-order valence-electron chi connectivity index (χ4n) is 1.74. The summed E-state index contributed by atoms with van der Waals surface area (Å²) in [6.45, 7) is 8.50. The van der Waals surface area contributed by atoms with Crippen LogP contribution in [0.5, 0.6) is 0 Å². The molecular weight excluding hydrogens is 301 g/mol. The summed E-state index contributed by atoms with van der Waals surface area (Å²) >= 11 is 6.93. The van der Waals surface area contributed by atoms with Crippen LogP contribution < -0.4 is 0 Å². The molecule has 0 aromatic carbocycles. The van der Waals surface area contributed by atoms with Crippen LogP contribution in [0.1, 0.15) is 40.5 Å². The Morgan fingerprint density at radius 1 is 1.26 bits per heavy atom. The highest BCUT2D eigenvalue weighted by atomic mass is 32.2. The van der Waals surface area contributed by atoms with E-state index in [1.807, 2.05) is 32.7 Å². The normalized spacial score (nSPS) is 13.3. The first-order chi connectivity index (χ1) is 8.96. The maximum absolute atomic E-state index is 12.9. The minimum Gasteiger partial charge on any atom is -0.346 e. The summed E-state index contributed by atoms with van der Waals surface area (Å²) in [6, 6.07) is 0. The summed E-state index contributed by atoms with van der Waals surface area (Å²) in [6.07, 6.45) is 1.64. The Labute approximate surface area is 127 Å². The first-order valence-corrected chi connectivity index (χ1v) is 9.75. The molecule has 4 nitrogen and oxygen atoms in total. The van der Waals surface area contributed by atoms with E-state index in [2.05, 4.69) is 6.92 Å². The lowest BCUT2D eigenvalue weighted by Crippen LogP contribution is -2.35. The maximum Gasteiger partial charge on any atom is 0.352 e. The van der Waals surface area contributed by atoms with Crippen molar-refractivity contribution in [2.75, 3.05) is 26.0 Å². The quantitative estimate of drug-likeness (QED) is 0.463. The van der Waals surface area contributed by atoms with Crippen molar-refractivity contribution in [2.45, 2.75) is 46.3 Å². The van der Waals surface area contributed by atoms with E-state index in [1.165, 1.54) is 0 Å². The molecule has 0 radical (unpaired) electrons. The van der Waals surface area contributed by atoms with E-state index in [4.69, 9.17) is 21.3 Å². The zero-order valence-corrected chi connectivity index (χ0v) is 15.1. The molecule has 0 amide bonds. The second-order valence-corrected chi connectivity index (χ2v) is 8.04. The minimum absolute atomic E-state index is 0.302. The van der Waals surface area contributed by atoms with Crippen molar-refractivity contribution in [2.24, 2.45) is 0 Å². The lowest BCUT2D eigenvalue weighted by molar-refractivity contribution is 0.194. The summed E-state index contributed by atoms with van der Waals surface area (Å²) in [5.74, 6) is 0.597. The Morgan fingerprint density at radius 2 is 1.79 bits per heavy atom. The minimum atomic E-state index is -3.15. The molecule has 7 heteroatoms. The second kappa shape index (κ2) is 10.2. The standard InChI is InChI=1S/C12H26NO3PS2/c1-6-10-11(13(5)12(18)19-9-4)17(14,15-7-2)16-8-3/h11H,6-10H2,1-5H3. The number of thioether (sulfide) groups is 1. The molecule has 1 atom stereocenters. The largest absolute Gasteiger partial charge is 0.352 e. The van der Waals surface area contributed by atoms with Crippen LogP contribution in [0.3, 0.4) is 0 Å². The molecule has 0 saturated heterocycles. The van der Waals surface area contributed by atoms with Crippen molar-refractivity contribution in [3.05, 3.63) is 0 Å². The zero-order chi connectivity index (χ0) is 14.9. The van der Waals surface area contributed by atoms with Crippen molar-refractivity contribution in [3.8, 4) is 0 Å². The Bertz CT molecular complexity index is 305. The Morgan fingerprint density at radius 3 is 2.16 bits per heavy atom. The van der Waals surface area contributed by atoms with Crippen LogP contribution in [0.15, 0.2) is 0 Å². The highest BCUT2D eigenvalue weighted by Gasteiger charge is 2.38. The molecule has 0 fully saturated rings. The van der Waals surface area contributed by atoms with Gasteiger partial charge in [-0.1, -0.05) is 44.2 Å². The van der Waals surface area contributed by atoms with Crippen LogP contribution in [0.4, 0.5) is 0 Å². The third-order valence-corrected chi connectivity index (χ3v) is 6.57. The summed E-state index contributed by atoms with van der Waals surface area (Å²) < 4.78 is 24.5. The second-order valence-electron chi connectivity index (χ2n) is 3.95. The van der Waals surface area contributed by atoms with E-state index in [1.54, 1.807) is 11.8 Å². The fraction of sp³-hybridized carbons (Fsp3) is 0.917. The Hall–Kier alpha value is 0.390. The predicted octanol–water partition coefficient (Wildman–Crippen LogP) is 4.35.